The fraction of sp³-hybridized carbons (Fsp3) is 0.739. The molecule has 0 radical (unpaired) electrons. The van der Waals surface area contributed by atoms with Crippen LogP contribution >= 0.6 is 0 Å². The molecule has 0 saturated heterocycles. The van der Waals surface area contributed by atoms with Crippen LogP contribution in [0.4, 0.5) is 0 Å². The average molecular weight is 354 g/mol. The minimum atomic E-state index is 0.0649. The maximum absolute atomic E-state index is 12.0. The third-order valence-corrected chi connectivity index (χ3v) is 8.64. The number of fused-ring (bicyclic) bond motifs is 5. The first kappa shape index (κ1) is 18.0. The van der Waals surface area contributed by atoms with Crippen LogP contribution in [0.1, 0.15) is 65.7 Å². The zero-order valence-corrected chi connectivity index (χ0v) is 16.3. The van der Waals surface area contributed by atoms with Crippen molar-refractivity contribution in [1.29, 1.82) is 0 Å². The van der Waals surface area contributed by atoms with E-state index in [1.165, 1.54) is 17.6 Å². The fourth-order valence-corrected chi connectivity index (χ4v) is 7.53. The van der Waals surface area contributed by atoms with Gasteiger partial charge in [0.1, 0.15) is 5.78 Å². The van der Waals surface area contributed by atoms with Crippen molar-refractivity contribution in [2.75, 3.05) is 6.61 Å². The summed E-state index contributed by atoms with van der Waals surface area (Å²) in [6.45, 7) is 14.4. The number of nitrogens with zero attached hydrogens (tertiary/aromatic N) is 1. The number of carbonyl (C=O) groups excluding carboxylic acids is 1. The molecular weight excluding hydrogens is 322 g/mol. The Kier molecular flexibility index (Phi) is 4.19. The summed E-state index contributed by atoms with van der Waals surface area (Å²) in [7, 11) is 0. The molecule has 3 nitrogen and oxygen atoms in total. The summed E-state index contributed by atoms with van der Waals surface area (Å²) < 4.78 is 0. The lowest BCUT2D eigenvalue weighted by Crippen LogP contribution is -2.54. The number of Topliss-reactive ketones (excluding diaryl/α,β-unsaturated/α-hetero) is 1. The van der Waals surface area contributed by atoms with E-state index in [2.05, 4.69) is 24.8 Å². The second kappa shape index (κ2) is 6.06. The van der Waals surface area contributed by atoms with Gasteiger partial charge in [-0.25, -0.2) is 4.85 Å². The van der Waals surface area contributed by atoms with Crippen molar-refractivity contribution in [2.24, 2.45) is 34.5 Å². The summed E-state index contributed by atoms with van der Waals surface area (Å²) in [5, 5.41) is 10.3. The summed E-state index contributed by atoms with van der Waals surface area (Å²) in [6.07, 6.45) is 8.91. The first-order valence-electron chi connectivity index (χ1n) is 10.2. The van der Waals surface area contributed by atoms with E-state index in [-0.39, 0.29) is 23.4 Å². The van der Waals surface area contributed by atoms with E-state index in [0.29, 0.717) is 36.4 Å². The highest BCUT2D eigenvalue weighted by Gasteiger charge is 2.60. The van der Waals surface area contributed by atoms with Crippen LogP contribution in [0.3, 0.4) is 0 Å². The highest BCUT2D eigenvalue weighted by atomic mass is 16.3. The molecule has 0 aromatic rings. The normalized spacial score (nSPS) is 46.6. The number of hydrogen-bond acceptors (Lipinski definition) is 2. The third kappa shape index (κ3) is 2.31. The Labute approximate surface area is 157 Å². The standard InChI is InChI=1S/C23H31NO2/c1-14(24-4)19-7-8-20-18-6-5-16-11-17(26)9-10-22(16,2)21(18)15(13-25)12-23(19,20)3/h5,15,18,20-21,25H,6-13H2,1-3H3/b19-14-/t15-,18+,20+,21+,22+,23-/m1/s1. The lowest BCUT2D eigenvalue weighted by atomic mass is 9.45. The summed E-state index contributed by atoms with van der Waals surface area (Å²) in [4.78, 5) is 15.8. The van der Waals surface area contributed by atoms with Gasteiger partial charge in [-0.05, 0) is 73.5 Å². The van der Waals surface area contributed by atoms with Crippen molar-refractivity contribution < 1.29 is 9.90 Å². The van der Waals surface area contributed by atoms with E-state index in [1.54, 1.807) is 0 Å². The summed E-state index contributed by atoms with van der Waals surface area (Å²) in [5.41, 5.74) is 3.73. The topological polar surface area (TPSA) is 41.7 Å². The van der Waals surface area contributed by atoms with Gasteiger partial charge in [-0.1, -0.05) is 31.1 Å². The van der Waals surface area contributed by atoms with Crippen molar-refractivity contribution >= 4 is 5.78 Å². The highest BCUT2D eigenvalue weighted by molar-refractivity contribution is 5.82. The molecule has 140 valence electrons. The number of rotatable bonds is 1. The van der Waals surface area contributed by atoms with Crippen LogP contribution in [0.5, 0.6) is 0 Å². The first-order valence-corrected chi connectivity index (χ1v) is 10.2. The van der Waals surface area contributed by atoms with Crippen LogP contribution in [0.25, 0.3) is 4.85 Å². The molecule has 0 heterocycles. The molecule has 0 aliphatic heterocycles. The monoisotopic (exact) mass is 353 g/mol. The second-order valence-electron chi connectivity index (χ2n) is 9.67. The van der Waals surface area contributed by atoms with Crippen LogP contribution in [0, 0.1) is 41.1 Å². The molecule has 0 unspecified atom stereocenters. The van der Waals surface area contributed by atoms with Gasteiger partial charge < -0.3 is 5.11 Å². The molecular formula is C23H31NO2. The first-order chi connectivity index (χ1) is 12.3. The van der Waals surface area contributed by atoms with Crippen molar-refractivity contribution in [3.8, 4) is 0 Å². The van der Waals surface area contributed by atoms with E-state index in [0.717, 1.165) is 31.4 Å². The Morgan fingerprint density at radius 2 is 2.12 bits per heavy atom. The zero-order chi connectivity index (χ0) is 18.7. The van der Waals surface area contributed by atoms with Crippen molar-refractivity contribution in [3.63, 3.8) is 0 Å². The van der Waals surface area contributed by atoms with E-state index in [9.17, 15) is 9.90 Å². The number of aliphatic hydroxyl groups excluding tert-OH is 1. The Morgan fingerprint density at radius 1 is 1.35 bits per heavy atom. The molecule has 4 rings (SSSR count). The average Bonchev–Trinajstić information content (AvgIpc) is 2.97. The lowest BCUT2D eigenvalue weighted by molar-refractivity contribution is -0.124. The molecule has 4 aliphatic carbocycles. The van der Waals surface area contributed by atoms with Gasteiger partial charge in [0.25, 0.3) is 0 Å². The number of carbonyl (C=O) groups is 1. The third-order valence-electron chi connectivity index (χ3n) is 8.64. The van der Waals surface area contributed by atoms with Gasteiger partial charge in [0.2, 0.25) is 0 Å². The van der Waals surface area contributed by atoms with Crippen LogP contribution in [0.2, 0.25) is 0 Å². The van der Waals surface area contributed by atoms with E-state index in [4.69, 9.17) is 6.57 Å². The molecule has 0 spiro atoms. The molecule has 0 aromatic carbocycles. The summed E-state index contributed by atoms with van der Waals surface area (Å²) in [6, 6.07) is 0. The second-order valence-corrected chi connectivity index (χ2v) is 9.67. The van der Waals surface area contributed by atoms with E-state index in [1.807, 2.05) is 6.92 Å². The van der Waals surface area contributed by atoms with E-state index >= 15 is 0 Å². The number of allylic oxidation sites excluding steroid dienone is 4. The van der Waals surface area contributed by atoms with Crippen LogP contribution in [-0.4, -0.2) is 17.5 Å². The largest absolute Gasteiger partial charge is 0.396 e. The van der Waals surface area contributed by atoms with Gasteiger partial charge in [-0.2, -0.15) is 0 Å². The molecule has 3 fully saturated rings. The molecule has 0 amide bonds. The van der Waals surface area contributed by atoms with Gasteiger partial charge in [0.15, 0.2) is 5.70 Å². The van der Waals surface area contributed by atoms with Gasteiger partial charge >= 0.3 is 0 Å². The van der Waals surface area contributed by atoms with E-state index < -0.39 is 0 Å². The smallest absolute Gasteiger partial charge is 0.162 e. The van der Waals surface area contributed by atoms with Gasteiger partial charge in [-0.3, -0.25) is 4.79 Å². The quantitative estimate of drug-likeness (QED) is 0.536. The summed E-state index contributed by atoms with van der Waals surface area (Å²) >= 11 is 0. The lowest BCUT2D eigenvalue weighted by Gasteiger charge is -2.59. The minimum Gasteiger partial charge on any atom is -0.396 e. The van der Waals surface area contributed by atoms with Crippen molar-refractivity contribution in [3.05, 3.63) is 34.3 Å². The van der Waals surface area contributed by atoms with Gasteiger partial charge in [-0.15, -0.1) is 0 Å². The maximum Gasteiger partial charge on any atom is 0.162 e. The van der Waals surface area contributed by atoms with Crippen molar-refractivity contribution in [2.45, 2.75) is 65.7 Å². The Morgan fingerprint density at radius 3 is 2.81 bits per heavy atom. The summed E-state index contributed by atoms with van der Waals surface area (Å²) in [5.74, 6) is 2.31. The molecule has 6 atom stereocenters. The SMILES string of the molecule is [C-]#[N+]/C(C)=C1/CC[C@H]2[C@@H]3CC=C4CC(=O)CC[C@]4(C)[C@H]3[C@@H](CO)C[C@]12C. The minimum absolute atomic E-state index is 0.0649. The van der Waals surface area contributed by atoms with Gasteiger partial charge in [0.05, 0.1) is 6.57 Å². The van der Waals surface area contributed by atoms with Crippen LogP contribution in [-0.2, 0) is 4.79 Å². The van der Waals surface area contributed by atoms with Crippen molar-refractivity contribution in [1.82, 2.24) is 0 Å². The Bertz CT molecular complexity index is 742. The Balaban J connectivity index is 1.78. The van der Waals surface area contributed by atoms with Crippen LogP contribution < -0.4 is 0 Å². The molecule has 3 saturated carbocycles. The molecule has 0 aromatic heterocycles. The highest BCUT2D eigenvalue weighted by Crippen LogP contribution is 2.67. The predicted octanol–water partition coefficient (Wildman–Crippen LogP) is 4.93. The number of aliphatic hydroxyl groups is 1. The molecule has 26 heavy (non-hydrogen) atoms. The molecule has 3 heteroatoms. The molecule has 4 aliphatic rings. The predicted molar refractivity (Wildman–Crippen MR) is 102 cm³/mol. The maximum atomic E-state index is 12.0. The van der Waals surface area contributed by atoms with Crippen LogP contribution in [0.15, 0.2) is 22.9 Å². The van der Waals surface area contributed by atoms with Gasteiger partial charge in [0, 0.05) is 19.4 Å². The number of hydrogen-bond donors (Lipinski definition) is 1. The Hall–Kier alpha value is -1.40. The zero-order valence-electron chi connectivity index (χ0n) is 16.3. The number of ketones is 1. The fourth-order valence-electron chi connectivity index (χ4n) is 7.53. The molecule has 1 N–H and O–H groups in total. The molecule has 0 bridgehead atoms.